The first-order chi connectivity index (χ1) is 17.1. The number of hydrogen-bond donors (Lipinski definition) is 2. The summed E-state index contributed by atoms with van der Waals surface area (Å²) in [6, 6.07) is 17.3. The van der Waals surface area contributed by atoms with Gasteiger partial charge in [-0.2, -0.15) is 0 Å². The van der Waals surface area contributed by atoms with E-state index in [0.29, 0.717) is 23.4 Å². The lowest BCUT2D eigenvalue weighted by Crippen LogP contribution is -2.19. The largest absolute Gasteiger partial charge is 0.507 e. The van der Waals surface area contributed by atoms with Crippen molar-refractivity contribution >= 4 is 17.7 Å². The average molecular weight is 470 g/mol. The Labute approximate surface area is 205 Å². The van der Waals surface area contributed by atoms with Crippen molar-refractivity contribution in [1.82, 2.24) is 0 Å². The number of fused-ring (bicyclic) bond motifs is 1. The van der Waals surface area contributed by atoms with E-state index in [9.17, 15) is 14.7 Å². The summed E-state index contributed by atoms with van der Waals surface area (Å²) >= 11 is 0. The third-order valence-electron chi connectivity index (χ3n) is 7.04. The first-order valence-corrected chi connectivity index (χ1v) is 12.6. The molecule has 1 amide bonds. The standard InChI is InChI=1S/C30H31NO4/c32-26(18-15-20-9-4-3-5-10-20)31-23-12-8-11-22(19-23)27(21-16-17-21)28-29(33)24-13-6-1-2-7-14-25(24)35-30(28)34/h3-5,8-12,15,18-19,21,27,33H,1-2,6-7,13-14,16-17H2,(H,31,32). The average Bonchev–Trinajstić information content (AvgIpc) is 3.68. The van der Waals surface area contributed by atoms with Gasteiger partial charge in [-0.05, 0) is 67.4 Å². The molecule has 5 rings (SSSR count). The van der Waals surface area contributed by atoms with Gasteiger partial charge in [0.1, 0.15) is 11.5 Å². The van der Waals surface area contributed by atoms with E-state index in [1.54, 1.807) is 6.08 Å². The van der Waals surface area contributed by atoms with Crippen LogP contribution in [0.3, 0.4) is 0 Å². The molecule has 35 heavy (non-hydrogen) atoms. The SMILES string of the molecule is O=C(C=Cc1ccccc1)Nc1cccc(C(c2c(O)c3c(oc2=O)CCCCCC3)C2CC2)c1. The van der Waals surface area contributed by atoms with Gasteiger partial charge < -0.3 is 14.8 Å². The summed E-state index contributed by atoms with van der Waals surface area (Å²) < 4.78 is 5.80. The van der Waals surface area contributed by atoms with Crippen molar-refractivity contribution < 1.29 is 14.3 Å². The molecular weight excluding hydrogens is 438 g/mol. The molecule has 0 saturated heterocycles. The number of carbonyl (C=O) groups is 1. The predicted molar refractivity (Wildman–Crippen MR) is 138 cm³/mol. The van der Waals surface area contributed by atoms with E-state index in [4.69, 9.17) is 4.42 Å². The molecule has 0 bridgehead atoms. The van der Waals surface area contributed by atoms with Gasteiger partial charge in [-0.3, -0.25) is 4.79 Å². The van der Waals surface area contributed by atoms with Crippen LogP contribution in [0.25, 0.3) is 6.08 Å². The number of aryl methyl sites for hydroxylation is 1. The molecule has 1 saturated carbocycles. The fraction of sp³-hybridized carbons (Fsp3) is 0.333. The summed E-state index contributed by atoms with van der Waals surface area (Å²) in [6.45, 7) is 0. The van der Waals surface area contributed by atoms with Crippen LogP contribution in [0.15, 0.2) is 69.9 Å². The number of aromatic hydroxyl groups is 1. The number of rotatable bonds is 6. The van der Waals surface area contributed by atoms with Gasteiger partial charge in [-0.25, -0.2) is 4.79 Å². The highest BCUT2D eigenvalue weighted by molar-refractivity contribution is 6.01. The zero-order chi connectivity index (χ0) is 24.2. The number of amides is 1. The molecule has 5 nitrogen and oxygen atoms in total. The van der Waals surface area contributed by atoms with Gasteiger partial charge >= 0.3 is 5.63 Å². The highest BCUT2D eigenvalue weighted by atomic mass is 16.4. The van der Waals surface area contributed by atoms with Gasteiger partial charge in [0.25, 0.3) is 0 Å². The van der Waals surface area contributed by atoms with E-state index in [0.717, 1.165) is 61.6 Å². The van der Waals surface area contributed by atoms with Crippen molar-refractivity contribution in [2.24, 2.45) is 5.92 Å². The van der Waals surface area contributed by atoms with Crippen molar-refractivity contribution in [3.8, 4) is 5.75 Å². The normalized spacial score (nSPS) is 16.8. The molecule has 2 aromatic carbocycles. The zero-order valence-electron chi connectivity index (χ0n) is 19.8. The van der Waals surface area contributed by atoms with Crippen LogP contribution in [0.1, 0.15) is 72.5 Å². The maximum atomic E-state index is 13.1. The Kier molecular flexibility index (Phi) is 6.84. The quantitative estimate of drug-likeness (QED) is 0.421. The molecule has 0 aliphatic heterocycles. The van der Waals surface area contributed by atoms with Crippen LogP contribution < -0.4 is 10.9 Å². The van der Waals surface area contributed by atoms with Gasteiger partial charge in [-0.1, -0.05) is 55.3 Å². The molecule has 2 aliphatic rings. The molecule has 1 fully saturated rings. The lowest BCUT2D eigenvalue weighted by atomic mass is 9.85. The second-order valence-electron chi connectivity index (χ2n) is 9.64. The maximum Gasteiger partial charge on any atom is 0.343 e. The molecule has 180 valence electrons. The topological polar surface area (TPSA) is 79.5 Å². The summed E-state index contributed by atoms with van der Waals surface area (Å²) in [7, 11) is 0. The summed E-state index contributed by atoms with van der Waals surface area (Å²) in [5, 5.41) is 14.2. The number of benzene rings is 2. The Morgan fingerprint density at radius 1 is 1.00 bits per heavy atom. The van der Waals surface area contributed by atoms with Gasteiger partial charge in [-0.15, -0.1) is 0 Å². The maximum absolute atomic E-state index is 13.1. The third-order valence-corrected chi connectivity index (χ3v) is 7.04. The molecule has 1 atom stereocenters. The van der Waals surface area contributed by atoms with Crippen LogP contribution in [0.4, 0.5) is 5.69 Å². The highest BCUT2D eigenvalue weighted by Gasteiger charge is 2.38. The molecule has 2 N–H and O–H groups in total. The molecule has 2 aliphatic carbocycles. The first-order valence-electron chi connectivity index (χ1n) is 12.6. The minimum absolute atomic E-state index is 0.121. The number of anilines is 1. The van der Waals surface area contributed by atoms with E-state index in [-0.39, 0.29) is 23.5 Å². The Balaban J connectivity index is 1.43. The zero-order valence-corrected chi connectivity index (χ0v) is 19.8. The molecule has 1 unspecified atom stereocenters. The minimum atomic E-state index is -0.432. The van der Waals surface area contributed by atoms with Crippen LogP contribution in [0, 0.1) is 5.92 Å². The smallest absolute Gasteiger partial charge is 0.343 e. The van der Waals surface area contributed by atoms with E-state index >= 15 is 0 Å². The van der Waals surface area contributed by atoms with Crippen LogP contribution in [-0.2, 0) is 17.6 Å². The van der Waals surface area contributed by atoms with Crippen molar-refractivity contribution in [3.63, 3.8) is 0 Å². The predicted octanol–water partition coefficient (Wildman–Crippen LogP) is 6.20. The monoisotopic (exact) mass is 469 g/mol. The van der Waals surface area contributed by atoms with Gasteiger partial charge in [0, 0.05) is 29.7 Å². The van der Waals surface area contributed by atoms with Gasteiger partial charge in [0.05, 0.1) is 5.56 Å². The van der Waals surface area contributed by atoms with E-state index < -0.39 is 5.63 Å². The molecule has 0 radical (unpaired) electrons. The summed E-state index contributed by atoms with van der Waals surface area (Å²) in [4.78, 5) is 25.6. The number of nitrogens with one attached hydrogen (secondary N) is 1. The van der Waals surface area contributed by atoms with E-state index in [1.807, 2.05) is 54.6 Å². The van der Waals surface area contributed by atoms with Crippen LogP contribution in [0.5, 0.6) is 5.75 Å². The summed E-state index contributed by atoms with van der Waals surface area (Å²) in [6.07, 6.45) is 10.9. The van der Waals surface area contributed by atoms with Crippen molar-refractivity contribution in [2.45, 2.75) is 57.3 Å². The number of carbonyl (C=O) groups excluding carboxylic acids is 1. The summed E-state index contributed by atoms with van der Waals surface area (Å²) in [5.74, 6) is 0.572. The van der Waals surface area contributed by atoms with Crippen molar-refractivity contribution in [1.29, 1.82) is 0 Å². The lowest BCUT2D eigenvalue weighted by Gasteiger charge is -2.21. The van der Waals surface area contributed by atoms with Gasteiger partial charge in [0.2, 0.25) is 5.91 Å². The Hall–Kier alpha value is -3.60. The lowest BCUT2D eigenvalue weighted by molar-refractivity contribution is -0.111. The molecule has 1 aromatic heterocycles. The minimum Gasteiger partial charge on any atom is -0.507 e. The van der Waals surface area contributed by atoms with E-state index in [1.165, 1.54) is 6.08 Å². The third kappa shape index (κ3) is 5.40. The fourth-order valence-electron chi connectivity index (χ4n) is 5.13. The number of hydrogen-bond acceptors (Lipinski definition) is 4. The van der Waals surface area contributed by atoms with Crippen molar-refractivity contribution in [3.05, 3.63) is 99.1 Å². The Morgan fingerprint density at radius 3 is 2.54 bits per heavy atom. The molecular formula is C30H31NO4. The summed E-state index contributed by atoms with van der Waals surface area (Å²) in [5.41, 5.74) is 3.27. The first kappa shape index (κ1) is 23.2. The molecule has 3 aromatic rings. The van der Waals surface area contributed by atoms with E-state index in [2.05, 4.69) is 5.32 Å². The Morgan fingerprint density at radius 2 is 1.77 bits per heavy atom. The molecule has 5 heteroatoms. The van der Waals surface area contributed by atoms with Crippen LogP contribution >= 0.6 is 0 Å². The van der Waals surface area contributed by atoms with Crippen LogP contribution in [-0.4, -0.2) is 11.0 Å². The fourth-order valence-corrected chi connectivity index (χ4v) is 5.13. The second kappa shape index (κ2) is 10.3. The van der Waals surface area contributed by atoms with Crippen LogP contribution in [0.2, 0.25) is 0 Å². The van der Waals surface area contributed by atoms with Crippen molar-refractivity contribution in [2.75, 3.05) is 5.32 Å². The Bertz CT molecular complexity index is 1290. The second-order valence-corrected chi connectivity index (χ2v) is 9.64. The highest BCUT2D eigenvalue weighted by Crippen LogP contribution is 2.49. The molecule has 1 heterocycles. The molecule has 0 spiro atoms. The van der Waals surface area contributed by atoms with Gasteiger partial charge in [0.15, 0.2) is 0 Å².